The Hall–Kier alpha value is -2.16. The quantitative estimate of drug-likeness (QED) is 0.681. The van der Waals surface area contributed by atoms with Crippen LogP contribution in [0.2, 0.25) is 0 Å². The Morgan fingerprint density at radius 2 is 2.12 bits per heavy atom. The van der Waals surface area contributed by atoms with Crippen molar-refractivity contribution < 1.29 is 4.79 Å². The van der Waals surface area contributed by atoms with E-state index in [1.54, 1.807) is 19.2 Å². The molecule has 0 aliphatic carbocycles. The van der Waals surface area contributed by atoms with E-state index in [0.29, 0.717) is 13.1 Å². The lowest BCUT2D eigenvalue weighted by Gasteiger charge is -2.34. The number of piperazine rings is 1. The number of anilines is 1. The van der Waals surface area contributed by atoms with Gasteiger partial charge < -0.3 is 9.80 Å². The third-order valence-corrected chi connectivity index (χ3v) is 2.79. The van der Waals surface area contributed by atoms with E-state index in [9.17, 15) is 4.79 Å². The topological polar surface area (TPSA) is 73.1 Å². The van der Waals surface area contributed by atoms with Crippen LogP contribution < -0.4 is 4.90 Å². The molecule has 1 aliphatic rings. The van der Waals surface area contributed by atoms with E-state index in [-0.39, 0.29) is 11.7 Å². The SMILES string of the molecule is CC(=O)N1CCN(c2ccnc(C#N)n2)CC1. The van der Waals surface area contributed by atoms with Crippen LogP contribution in [0.5, 0.6) is 0 Å². The number of hydrogen-bond acceptors (Lipinski definition) is 5. The minimum absolute atomic E-state index is 0.102. The highest BCUT2D eigenvalue weighted by molar-refractivity contribution is 5.73. The van der Waals surface area contributed by atoms with Gasteiger partial charge in [-0.1, -0.05) is 0 Å². The molecule has 0 unspecified atom stereocenters. The Morgan fingerprint density at radius 1 is 1.41 bits per heavy atom. The van der Waals surface area contributed by atoms with E-state index < -0.39 is 0 Å². The highest BCUT2D eigenvalue weighted by Gasteiger charge is 2.19. The Balaban J connectivity index is 2.05. The molecule has 0 spiro atoms. The van der Waals surface area contributed by atoms with Crippen LogP contribution in [0.25, 0.3) is 0 Å². The molecule has 17 heavy (non-hydrogen) atoms. The fraction of sp³-hybridized carbons (Fsp3) is 0.455. The first-order valence-corrected chi connectivity index (χ1v) is 5.44. The number of rotatable bonds is 1. The van der Waals surface area contributed by atoms with Crippen LogP contribution in [-0.2, 0) is 4.79 Å². The number of amides is 1. The Kier molecular flexibility index (Phi) is 3.19. The van der Waals surface area contributed by atoms with Gasteiger partial charge in [0.15, 0.2) is 0 Å². The molecule has 6 nitrogen and oxygen atoms in total. The van der Waals surface area contributed by atoms with Gasteiger partial charge in [-0.2, -0.15) is 5.26 Å². The third-order valence-electron chi connectivity index (χ3n) is 2.79. The zero-order valence-corrected chi connectivity index (χ0v) is 9.63. The minimum Gasteiger partial charge on any atom is -0.353 e. The van der Waals surface area contributed by atoms with E-state index in [1.165, 1.54) is 0 Å². The summed E-state index contributed by atoms with van der Waals surface area (Å²) < 4.78 is 0. The number of nitriles is 1. The molecule has 1 amide bonds. The molecule has 2 rings (SSSR count). The lowest BCUT2D eigenvalue weighted by atomic mass is 10.3. The summed E-state index contributed by atoms with van der Waals surface area (Å²) in [6.45, 7) is 4.44. The molecule has 0 aromatic carbocycles. The zero-order chi connectivity index (χ0) is 12.3. The van der Waals surface area contributed by atoms with Crippen LogP contribution in [0.4, 0.5) is 5.82 Å². The Bertz CT molecular complexity index is 459. The van der Waals surface area contributed by atoms with Gasteiger partial charge in [0, 0.05) is 39.3 Å². The predicted molar refractivity (Wildman–Crippen MR) is 61.2 cm³/mol. The van der Waals surface area contributed by atoms with Crippen molar-refractivity contribution in [3.8, 4) is 6.07 Å². The van der Waals surface area contributed by atoms with Gasteiger partial charge in [0.2, 0.25) is 11.7 Å². The molecule has 0 radical (unpaired) electrons. The molecule has 0 atom stereocenters. The zero-order valence-electron chi connectivity index (χ0n) is 9.63. The highest BCUT2D eigenvalue weighted by Crippen LogP contribution is 2.12. The highest BCUT2D eigenvalue weighted by atomic mass is 16.2. The molecule has 0 saturated carbocycles. The average Bonchev–Trinajstić information content (AvgIpc) is 2.39. The van der Waals surface area contributed by atoms with Crippen molar-refractivity contribution in [2.45, 2.75) is 6.92 Å². The Labute approximate surface area is 99.5 Å². The van der Waals surface area contributed by atoms with E-state index >= 15 is 0 Å². The number of hydrogen-bond donors (Lipinski definition) is 0. The summed E-state index contributed by atoms with van der Waals surface area (Å²) in [7, 11) is 0. The lowest BCUT2D eigenvalue weighted by molar-refractivity contribution is -0.129. The molecule has 0 N–H and O–H groups in total. The second kappa shape index (κ2) is 4.78. The van der Waals surface area contributed by atoms with Gasteiger partial charge >= 0.3 is 0 Å². The van der Waals surface area contributed by atoms with Crippen molar-refractivity contribution >= 4 is 11.7 Å². The van der Waals surface area contributed by atoms with Crippen LogP contribution in [0, 0.1) is 11.3 Å². The third kappa shape index (κ3) is 2.50. The second-order valence-corrected chi connectivity index (χ2v) is 3.84. The van der Waals surface area contributed by atoms with E-state index in [1.807, 2.05) is 11.0 Å². The molecular formula is C11H13N5O. The van der Waals surface area contributed by atoms with Crippen molar-refractivity contribution in [1.82, 2.24) is 14.9 Å². The summed E-state index contributed by atoms with van der Waals surface area (Å²) in [5.74, 6) is 1.03. The molecule has 1 saturated heterocycles. The number of nitrogens with zero attached hydrogens (tertiary/aromatic N) is 5. The van der Waals surface area contributed by atoms with Gasteiger partial charge in [-0.05, 0) is 6.07 Å². The maximum absolute atomic E-state index is 11.2. The molecule has 1 aliphatic heterocycles. The average molecular weight is 231 g/mol. The maximum atomic E-state index is 11.2. The smallest absolute Gasteiger partial charge is 0.234 e. The summed E-state index contributed by atoms with van der Waals surface area (Å²) in [6, 6.07) is 3.70. The van der Waals surface area contributed by atoms with E-state index in [0.717, 1.165) is 18.9 Å². The van der Waals surface area contributed by atoms with Crippen LogP contribution in [-0.4, -0.2) is 47.0 Å². The molecule has 2 heterocycles. The van der Waals surface area contributed by atoms with Crippen LogP contribution in [0.1, 0.15) is 12.7 Å². The standard InChI is InChI=1S/C11H13N5O/c1-9(17)15-4-6-16(7-5-15)11-2-3-13-10(8-12)14-11/h2-3H,4-7H2,1H3. The summed E-state index contributed by atoms with van der Waals surface area (Å²) in [4.78, 5) is 23.0. The van der Waals surface area contributed by atoms with E-state index in [2.05, 4.69) is 14.9 Å². The van der Waals surface area contributed by atoms with Crippen LogP contribution in [0.15, 0.2) is 12.3 Å². The van der Waals surface area contributed by atoms with Crippen molar-refractivity contribution in [2.75, 3.05) is 31.1 Å². The van der Waals surface area contributed by atoms with Crippen LogP contribution in [0.3, 0.4) is 0 Å². The lowest BCUT2D eigenvalue weighted by Crippen LogP contribution is -2.48. The number of aromatic nitrogens is 2. The maximum Gasteiger partial charge on any atom is 0.234 e. The first-order valence-electron chi connectivity index (χ1n) is 5.44. The molecule has 6 heteroatoms. The first-order chi connectivity index (χ1) is 8.20. The van der Waals surface area contributed by atoms with Gasteiger partial charge in [-0.25, -0.2) is 9.97 Å². The predicted octanol–water partition coefficient (Wildman–Crippen LogP) is 0.0168. The van der Waals surface area contributed by atoms with Gasteiger partial charge in [0.05, 0.1) is 0 Å². The molecule has 1 fully saturated rings. The number of carbonyl (C=O) groups excluding carboxylic acids is 1. The van der Waals surface area contributed by atoms with Crippen molar-refractivity contribution in [3.63, 3.8) is 0 Å². The van der Waals surface area contributed by atoms with Gasteiger partial charge in [0.1, 0.15) is 11.9 Å². The normalized spacial score (nSPS) is 15.5. The molecule has 88 valence electrons. The molecule has 1 aromatic rings. The fourth-order valence-corrected chi connectivity index (χ4v) is 1.83. The van der Waals surface area contributed by atoms with Crippen molar-refractivity contribution in [1.29, 1.82) is 5.26 Å². The van der Waals surface area contributed by atoms with Crippen LogP contribution >= 0.6 is 0 Å². The molecular weight excluding hydrogens is 218 g/mol. The second-order valence-electron chi connectivity index (χ2n) is 3.84. The van der Waals surface area contributed by atoms with Gasteiger partial charge in [-0.3, -0.25) is 4.79 Å². The fourth-order valence-electron chi connectivity index (χ4n) is 1.83. The summed E-state index contributed by atoms with van der Waals surface area (Å²) >= 11 is 0. The van der Waals surface area contributed by atoms with Crippen molar-refractivity contribution in [3.05, 3.63) is 18.1 Å². The monoisotopic (exact) mass is 231 g/mol. The van der Waals surface area contributed by atoms with Crippen molar-refractivity contribution in [2.24, 2.45) is 0 Å². The van der Waals surface area contributed by atoms with Gasteiger partial charge in [-0.15, -0.1) is 0 Å². The summed E-state index contributed by atoms with van der Waals surface area (Å²) in [6.07, 6.45) is 1.58. The molecule has 1 aromatic heterocycles. The Morgan fingerprint density at radius 3 is 2.71 bits per heavy atom. The molecule has 0 bridgehead atoms. The summed E-state index contributed by atoms with van der Waals surface area (Å²) in [5.41, 5.74) is 0. The minimum atomic E-state index is 0.102. The van der Waals surface area contributed by atoms with E-state index in [4.69, 9.17) is 5.26 Å². The number of carbonyl (C=O) groups is 1. The largest absolute Gasteiger partial charge is 0.353 e. The first kappa shape index (κ1) is 11.3. The summed E-state index contributed by atoms with van der Waals surface area (Å²) in [5, 5.41) is 8.73. The van der Waals surface area contributed by atoms with Gasteiger partial charge in [0.25, 0.3) is 0 Å².